The highest BCUT2D eigenvalue weighted by atomic mass is 127. The number of aryl methyl sites for hydroxylation is 2. The first-order valence-corrected chi connectivity index (χ1v) is 11.1. The molecule has 0 bridgehead atoms. The van der Waals surface area contributed by atoms with Gasteiger partial charge in [0, 0.05) is 17.3 Å². The molecule has 0 aliphatic rings. The van der Waals surface area contributed by atoms with Crippen molar-refractivity contribution >= 4 is 39.9 Å². The van der Waals surface area contributed by atoms with Crippen molar-refractivity contribution < 1.29 is 9.47 Å². The molecule has 152 valence electrons. The average molecular weight is 522 g/mol. The zero-order chi connectivity index (χ0) is 20.8. The standard InChI is InChI=1S/C24H25ClINO2/c1-4-28-23-12-19(14-27-20-10-7-17(3)21(25)13-20)11-22(26)24(23)29-15-18-8-5-16(2)6-9-18/h5-13,27H,4,14-15H2,1-3H3. The molecule has 29 heavy (non-hydrogen) atoms. The van der Waals surface area contributed by atoms with Gasteiger partial charge in [0.25, 0.3) is 0 Å². The third kappa shape index (κ3) is 6.03. The molecule has 0 amide bonds. The molecule has 0 aromatic heterocycles. The van der Waals surface area contributed by atoms with Gasteiger partial charge in [-0.3, -0.25) is 0 Å². The van der Waals surface area contributed by atoms with Crippen LogP contribution in [0.5, 0.6) is 11.5 Å². The molecule has 0 atom stereocenters. The van der Waals surface area contributed by atoms with Crippen LogP contribution in [0.15, 0.2) is 54.6 Å². The van der Waals surface area contributed by atoms with Crippen LogP contribution in [0, 0.1) is 17.4 Å². The lowest BCUT2D eigenvalue weighted by Crippen LogP contribution is -2.05. The van der Waals surface area contributed by atoms with Crippen molar-refractivity contribution in [3.05, 3.63) is 85.4 Å². The minimum atomic E-state index is 0.510. The van der Waals surface area contributed by atoms with Gasteiger partial charge in [-0.15, -0.1) is 0 Å². The summed E-state index contributed by atoms with van der Waals surface area (Å²) in [5.41, 5.74) is 5.56. The number of halogens is 2. The monoisotopic (exact) mass is 521 g/mol. The average Bonchev–Trinajstić information content (AvgIpc) is 2.70. The van der Waals surface area contributed by atoms with E-state index in [1.807, 2.05) is 38.1 Å². The van der Waals surface area contributed by atoms with E-state index in [4.69, 9.17) is 21.1 Å². The van der Waals surface area contributed by atoms with Crippen LogP contribution >= 0.6 is 34.2 Å². The van der Waals surface area contributed by atoms with Gasteiger partial charge >= 0.3 is 0 Å². The SMILES string of the molecule is CCOc1cc(CNc2ccc(C)c(Cl)c2)cc(I)c1OCc1ccc(C)cc1. The summed E-state index contributed by atoms with van der Waals surface area (Å²) in [7, 11) is 0. The van der Waals surface area contributed by atoms with Gasteiger partial charge in [0.05, 0.1) is 10.2 Å². The lowest BCUT2D eigenvalue weighted by atomic mass is 10.1. The van der Waals surface area contributed by atoms with Crippen molar-refractivity contribution in [1.82, 2.24) is 0 Å². The Labute approximate surface area is 191 Å². The molecular weight excluding hydrogens is 497 g/mol. The van der Waals surface area contributed by atoms with E-state index in [2.05, 4.69) is 65.2 Å². The second kappa shape index (κ2) is 10.2. The second-order valence-electron chi connectivity index (χ2n) is 6.93. The third-order valence-electron chi connectivity index (χ3n) is 4.54. The Morgan fingerprint density at radius 2 is 1.69 bits per heavy atom. The Bertz CT molecular complexity index is 973. The summed E-state index contributed by atoms with van der Waals surface area (Å²) >= 11 is 8.53. The van der Waals surface area contributed by atoms with Crippen LogP contribution in [0.1, 0.15) is 29.2 Å². The van der Waals surface area contributed by atoms with E-state index in [-0.39, 0.29) is 0 Å². The van der Waals surface area contributed by atoms with Crippen LogP contribution in [0.2, 0.25) is 5.02 Å². The summed E-state index contributed by atoms with van der Waals surface area (Å²) in [6.45, 7) is 7.83. The molecule has 3 aromatic rings. The molecule has 0 saturated carbocycles. The van der Waals surface area contributed by atoms with Crippen molar-refractivity contribution in [3.8, 4) is 11.5 Å². The highest BCUT2D eigenvalue weighted by Gasteiger charge is 2.13. The van der Waals surface area contributed by atoms with Crippen molar-refractivity contribution in [1.29, 1.82) is 0 Å². The zero-order valence-electron chi connectivity index (χ0n) is 16.9. The lowest BCUT2D eigenvalue weighted by Gasteiger charge is -2.16. The molecule has 0 aliphatic carbocycles. The molecule has 0 saturated heterocycles. The molecular formula is C24H25ClINO2. The normalized spacial score (nSPS) is 10.7. The summed E-state index contributed by atoms with van der Waals surface area (Å²) in [6.07, 6.45) is 0. The van der Waals surface area contributed by atoms with Gasteiger partial charge in [0.1, 0.15) is 6.61 Å². The van der Waals surface area contributed by atoms with Crippen LogP contribution in [0.25, 0.3) is 0 Å². The number of ether oxygens (including phenoxy) is 2. The number of nitrogens with one attached hydrogen (secondary N) is 1. The molecule has 1 N–H and O–H groups in total. The van der Waals surface area contributed by atoms with E-state index in [1.54, 1.807) is 0 Å². The topological polar surface area (TPSA) is 30.5 Å². The lowest BCUT2D eigenvalue weighted by molar-refractivity contribution is 0.267. The maximum absolute atomic E-state index is 6.22. The molecule has 3 nitrogen and oxygen atoms in total. The molecule has 5 heteroatoms. The number of rotatable bonds is 8. The van der Waals surface area contributed by atoms with Gasteiger partial charge in [-0.2, -0.15) is 0 Å². The molecule has 3 aromatic carbocycles. The van der Waals surface area contributed by atoms with Gasteiger partial charge < -0.3 is 14.8 Å². The number of anilines is 1. The van der Waals surface area contributed by atoms with Crippen molar-refractivity contribution in [2.75, 3.05) is 11.9 Å². The molecule has 0 aliphatic heterocycles. The van der Waals surface area contributed by atoms with Crippen molar-refractivity contribution in [3.63, 3.8) is 0 Å². The van der Waals surface area contributed by atoms with Gasteiger partial charge in [-0.25, -0.2) is 0 Å². The highest BCUT2D eigenvalue weighted by molar-refractivity contribution is 14.1. The third-order valence-corrected chi connectivity index (χ3v) is 5.75. The van der Waals surface area contributed by atoms with E-state index in [9.17, 15) is 0 Å². The van der Waals surface area contributed by atoms with E-state index in [0.29, 0.717) is 19.8 Å². The van der Waals surface area contributed by atoms with Crippen molar-refractivity contribution in [2.24, 2.45) is 0 Å². The first-order valence-electron chi connectivity index (χ1n) is 9.60. The number of hydrogen-bond acceptors (Lipinski definition) is 3. The smallest absolute Gasteiger partial charge is 0.174 e. The fraction of sp³-hybridized carbons (Fsp3) is 0.250. The maximum atomic E-state index is 6.22. The van der Waals surface area contributed by atoms with E-state index in [0.717, 1.165) is 42.5 Å². The van der Waals surface area contributed by atoms with E-state index in [1.165, 1.54) is 5.56 Å². The summed E-state index contributed by atoms with van der Waals surface area (Å²) in [4.78, 5) is 0. The Balaban J connectivity index is 1.74. The van der Waals surface area contributed by atoms with E-state index >= 15 is 0 Å². The Kier molecular flexibility index (Phi) is 7.67. The quantitative estimate of drug-likeness (QED) is 0.319. The number of benzene rings is 3. The summed E-state index contributed by atoms with van der Waals surface area (Å²) in [5.74, 6) is 1.56. The van der Waals surface area contributed by atoms with Crippen LogP contribution in [-0.4, -0.2) is 6.61 Å². The first-order chi connectivity index (χ1) is 14.0. The van der Waals surface area contributed by atoms with Crippen LogP contribution < -0.4 is 14.8 Å². The summed E-state index contributed by atoms with van der Waals surface area (Å²) in [5, 5.41) is 4.19. The minimum Gasteiger partial charge on any atom is -0.490 e. The first kappa shape index (κ1) is 21.8. The van der Waals surface area contributed by atoms with Crippen LogP contribution in [-0.2, 0) is 13.2 Å². The molecule has 0 spiro atoms. The molecule has 0 radical (unpaired) electrons. The second-order valence-corrected chi connectivity index (χ2v) is 8.50. The Hall–Kier alpha value is -1.92. The van der Waals surface area contributed by atoms with Crippen LogP contribution in [0.4, 0.5) is 5.69 Å². The largest absolute Gasteiger partial charge is 0.490 e. The number of hydrogen-bond donors (Lipinski definition) is 1. The Morgan fingerprint density at radius 1 is 0.931 bits per heavy atom. The fourth-order valence-electron chi connectivity index (χ4n) is 2.87. The molecule has 3 rings (SSSR count). The van der Waals surface area contributed by atoms with Crippen molar-refractivity contribution in [2.45, 2.75) is 33.9 Å². The predicted molar refractivity (Wildman–Crippen MR) is 129 cm³/mol. The fourth-order valence-corrected chi connectivity index (χ4v) is 3.88. The summed E-state index contributed by atoms with van der Waals surface area (Å²) < 4.78 is 13.0. The molecule has 0 unspecified atom stereocenters. The van der Waals surface area contributed by atoms with Gasteiger partial charge in [-0.05, 0) is 84.3 Å². The zero-order valence-corrected chi connectivity index (χ0v) is 19.8. The minimum absolute atomic E-state index is 0.510. The van der Waals surface area contributed by atoms with Gasteiger partial charge in [-0.1, -0.05) is 47.5 Å². The van der Waals surface area contributed by atoms with Gasteiger partial charge in [0.15, 0.2) is 11.5 Å². The van der Waals surface area contributed by atoms with Gasteiger partial charge in [0.2, 0.25) is 0 Å². The Morgan fingerprint density at radius 3 is 2.38 bits per heavy atom. The maximum Gasteiger partial charge on any atom is 0.174 e. The van der Waals surface area contributed by atoms with E-state index < -0.39 is 0 Å². The molecule has 0 fully saturated rings. The highest BCUT2D eigenvalue weighted by Crippen LogP contribution is 2.35. The molecule has 0 heterocycles. The predicted octanol–water partition coefficient (Wildman–Crippen LogP) is 7.15. The van der Waals surface area contributed by atoms with Crippen LogP contribution in [0.3, 0.4) is 0 Å². The summed E-state index contributed by atoms with van der Waals surface area (Å²) in [6, 6.07) is 18.5.